The smallest absolute Gasteiger partial charge is 0.251 e. The predicted octanol–water partition coefficient (Wildman–Crippen LogP) is 4.15. The predicted molar refractivity (Wildman–Crippen MR) is 128 cm³/mol. The Morgan fingerprint density at radius 2 is 1.48 bits per heavy atom. The zero-order valence-electron chi connectivity index (χ0n) is 19.5. The maximum atomic E-state index is 12.9. The lowest BCUT2D eigenvalue weighted by Crippen LogP contribution is -2.47. The Balaban J connectivity index is 1.59. The number of carbonyl (C=O) groups excluding carboxylic acids is 3. The van der Waals surface area contributed by atoms with Gasteiger partial charge in [0.15, 0.2) is 0 Å². The van der Waals surface area contributed by atoms with Crippen molar-refractivity contribution in [3.63, 3.8) is 0 Å². The van der Waals surface area contributed by atoms with E-state index in [1.54, 1.807) is 48.5 Å². The Hall–Kier alpha value is -3.35. The molecule has 7 nitrogen and oxygen atoms in total. The van der Waals surface area contributed by atoms with Gasteiger partial charge in [-0.25, -0.2) is 0 Å². The minimum Gasteiger partial charge on any atom is -0.494 e. The molecule has 0 spiro atoms. The van der Waals surface area contributed by atoms with E-state index in [2.05, 4.69) is 16.0 Å². The van der Waals surface area contributed by atoms with Gasteiger partial charge in [0.1, 0.15) is 11.8 Å². The number of hydrogen-bond donors (Lipinski definition) is 3. The van der Waals surface area contributed by atoms with Gasteiger partial charge in [-0.1, -0.05) is 26.7 Å². The van der Waals surface area contributed by atoms with Crippen molar-refractivity contribution in [1.29, 1.82) is 0 Å². The van der Waals surface area contributed by atoms with Crippen LogP contribution in [0.3, 0.4) is 0 Å². The molecule has 33 heavy (non-hydrogen) atoms. The first kappa shape index (κ1) is 24.3. The van der Waals surface area contributed by atoms with Crippen molar-refractivity contribution < 1.29 is 19.1 Å². The maximum absolute atomic E-state index is 12.9. The first-order valence-corrected chi connectivity index (χ1v) is 11.6. The number of amides is 3. The van der Waals surface area contributed by atoms with Gasteiger partial charge in [-0.05, 0) is 74.2 Å². The van der Waals surface area contributed by atoms with E-state index >= 15 is 0 Å². The molecule has 1 atom stereocenters. The van der Waals surface area contributed by atoms with Crippen LogP contribution in [0.15, 0.2) is 48.5 Å². The number of nitrogens with one attached hydrogen (secondary N) is 3. The zero-order valence-corrected chi connectivity index (χ0v) is 19.5. The van der Waals surface area contributed by atoms with Gasteiger partial charge in [0.2, 0.25) is 5.91 Å². The zero-order chi connectivity index (χ0) is 23.8. The molecule has 1 aliphatic carbocycles. The third-order valence-electron chi connectivity index (χ3n) is 5.77. The van der Waals surface area contributed by atoms with E-state index in [-0.39, 0.29) is 29.7 Å². The van der Waals surface area contributed by atoms with E-state index in [1.165, 1.54) is 0 Å². The summed E-state index contributed by atoms with van der Waals surface area (Å²) < 4.78 is 5.40. The molecule has 3 rings (SSSR count). The fourth-order valence-electron chi connectivity index (χ4n) is 3.89. The lowest BCUT2D eigenvalue weighted by molar-refractivity contribution is -0.118. The van der Waals surface area contributed by atoms with Crippen LogP contribution < -0.4 is 20.7 Å². The summed E-state index contributed by atoms with van der Waals surface area (Å²) in [4.78, 5) is 37.9. The van der Waals surface area contributed by atoms with Crippen molar-refractivity contribution in [3.05, 3.63) is 59.7 Å². The standard InChI is InChI=1S/C26H33N3O4/c1-4-33-22-15-11-19(12-16-22)25(31)29-23(17(2)3)26(32)28-21-13-9-18(10-14-21)24(30)27-20-7-5-6-8-20/h9-17,20,23H,4-8H2,1-3H3,(H,27,30)(H,28,32)(H,29,31). The van der Waals surface area contributed by atoms with Gasteiger partial charge >= 0.3 is 0 Å². The summed E-state index contributed by atoms with van der Waals surface area (Å²) in [6.45, 7) is 6.19. The summed E-state index contributed by atoms with van der Waals surface area (Å²) >= 11 is 0. The van der Waals surface area contributed by atoms with Crippen LogP contribution in [0.5, 0.6) is 5.75 Å². The molecule has 3 amide bonds. The number of benzene rings is 2. The Morgan fingerprint density at radius 1 is 0.909 bits per heavy atom. The second-order valence-corrected chi connectivity index (χ2v) is 8.67. The molecular weight excluding hydrogens is 418 g/mol. The van der Waals surface area contributed by atoms with Crippen LogP contribution in [-0.4, -0.2) is 36.4 Å². The van der Waals surface area contributed by atoms with Gasteiger partial charge < -0.3 is 20.7 Å². The van der Waals surface area contributed by atoms with Crippen molar-refractivity contribution in [3.8, 4) is 5.75 Å². The van der Waals surface area contributed by atoms with E-state index in [0.717, 1.165) is 25.7 Å². The minimum absolute atomic E-state index is 0.0950. The van der Waals surface area contributed by atoms with Crippen LogP contribution in [-0.2, 0) is 4.79 Å². The van der Waals surface area contributed by atoms with Crippen molar-refractivity contribution >= 4 is 23.4 Å². The number of hydrogen-bond acceptors (Lipinski definition) is 4. The van der Waals surface area contributed by atoms with E-state index in [0.29, 0.717) is 29.2 Å². The summed E-state index contributed by atoms with van der Waals surface area (Å²) in [7, 11) is 0. The van der Waals surface area contributed by atoms with Gasteiger partial charge in [-0.3, -0.25) is 14.4 Å². The molecule has 0 heterocycles. The monoisotopic (exact) mass is 451 g/mol. The quantitative estimate of drug-likeness (QED) is 0.534. The molecule has 1 fully saturated rings. The highest BCUT2D eigenvalue weighted by Gasteiger charge is 2.25. The topological polar surface area (TPSA) is 96.5 Å². The Labute approximate surface area is 195 Å². The van der Waals surface area contributed by atoms with Crippen LogP contribution in [0, 0.1) is 5.92 Å². The van der Waals surface area contributed by atoms with E-state index in [1.807, 2.05) is 20.8 Å². The molecule has 7 heteroatoms. The molecule has 0 aromatic heterocycles. The third-order valence-corrected chi connectivity index (χ3v) is 5.77. The van der Waals surface area contributed by atoms with Crippen LogP contribution >= 0.6 is 0 Å². The van der Waals surface area contributed by atoms with Crippen LogP contribution in [0.25, 0.3) is 0 Å². The van der Waals surface area contributed by atoms with Crippen LogP contribution in [0.2, 0.25) is 0 Å². The molecule has 1 aliphatic rings. The highest BCUT2D eigenvalue weighted by molar-refractivity contribution is 6.01. The van der Waals surface area contributed by atoms with Crippen molar-refractivity contribution in [1.82, 2.24) is 10.6 Å². The van der Waals surface area contributed by atoms with Crippen molar-refractivity contribution in [2.24, 2.45) is 5.92 Å². The molecular formula is C26H33N3O4. The Bertz CT molecular complexity index is 949. The van der Waals surface area contributed by atoms with E-state index in [4.69, 9.17) is 4.74 Å². The molecule has 176 valence electrons. The minimum atomic E-state index is -0.714. The van der Waals surface area contributed by atoms with Gasteiger partial charge in [-0.2, -0.15) is 0 Å². The van der Waals surface area contributed by atoms with Crippen LogP contribution in [0.1, 0.15) is 67.2 Å². The Kier molecular flexibility index (Phi) is 8.46. The molecule has 3 N–H and O–H groups in total. The average molecular weight is 452 g/mol. The molecule has 0 bridgehead atoms. The maximum Gasteiger partial charge on any atom is 0.251 e. The van der Waals surface area contributed by atoms with Gasteiger partial charge in [-0.15, -0.1) is 0 Å². The highest BCUT2D eigenvalue weighted by atomic mass is 16.5. The van der Waals surface area contributed by atoms with Gasteiger partial charge in [0.05, 0.1) is 6.61 Å². The molecule has 0 saturated heterocycles. The SMILES string of the molecule is CCOc1ccc(C(=O)NC(C(=O)Nc2ccc(C(=O)NC3CCCC3)cc2)C(C)C)cc1. The fourth-order valence-corrected chi connectivity index (χ4v) is 3.89. The lowest BCUT2D eigenvalue weighted by atomic mass is 10.0. The summed E-state index contributed by atoms with van der Waals surface area (Å²) in [5.41, 5.74) is 1.58. The molecule has 2 aromatic carbocycles. The second-order valence-electron chi connectivity index (χ2n) is 8.67. The first-order chi connectivity index (χ1) is 15.9. The van der Waals surface area contributed by atoms with E-state index in [9.17, 15) is 14.4 Å². The summed E-state index contributed by atoms with van der Waals surface area (Å²) in [5, 5.41) is 8.71. The third kappa shape index (κ3) is 6.81. The molecule has 1 saturated carbocycles. The first-order valence-electron chi connectivity index (χ1n) is 11.6. The average Bonchev–Trinajstić information content (AvgIpc) is 3.31. The Morgan fingerprint density at radius 3 is 2.06 bits per heavy atom. The summed E-state index contributed by atoms with van der Waals surface area (Å²) in [6, 6.07) is 13.1. The molecule has 0 aliphatic heterocycles. The summed E-state index contributed by atoms with van der Waals surface area (Å²) in [6.07, 6.45) is 4.36. The normalized spacial score (nSPS) is 14.5. The summed E-state index contributed by atoms with van der Waals surface area (Å²) in [5.74, 6) is -0.165. The number of carbonyl (C=O) groups is 3. The highest BCUT2D eigenvalue weighted by Crippen LogP contribution is 2.19. The van der Waals surface area contributed by atoms with Gasteiger partial charge in [0, 0.05) is 22.9 Å². The van der Waals surface area contributed by atoms with Crippen LogP contribution in [0.4, 0.5) is 5.69 Å². The molecule has 2 aromatic rings. The lowest BCUT2D eigenvalue weighted by Gasteiger charge is -2.22. The number of anilines is 1. The number of ether oxygens (including phenoxy) is 1. The molecule has 1 unspecified atom stereocenters. The van der Waals surface area contributed by atoms with Crippen molar-refractivity contribution in [2.75, 3.05) is 11.9 Å². The molecule has 0 radical (unpaired) electrons. The van der Waals surface area contributed by atoms with Crippen molar-refractivity contribution in [2.45, 2.75) is 58.5 Å². The van der Waals surface area contributed by atoms with Gasteiger partial charge in [0.25, 0.3) is 11.8 Å². The fraction of sp³-hybridized carbons (Fsp3) is 0.423. The number of rotatable bonds is 9. The van der Waals surface area contributed by atoms with E-state index < -0.39 is 6.04 Å². The largest absolute Gasteiger partial charge is 0.494 e. The second kappa shape index (κ2) is 11.5.